The summed E-state index contributed by atoms with van der Waals surface area (Å²) in [5.74, 6) is 0. The lowest BCUT2D eigenvalue weighted by Crippen LogP contribution is -2.08. The first kappa shape index (κ1) is 8.15. The molecule has 0 aromatic carbocycles. The van der Waals surface area contributed by atoms with Crippen molar-refractivity contribution in [1.29, 1.82) is 0 Å². The molecule has 11 heavy (non-hydrogen) atoms. The first-order valence-electron chi connectivity index (χ1n) is 3.28. The van der Waals surface area contributed by atoms with Crippen LogP contribution in [0.3, 0.4) is 0 Å². The van der Waals surface area contributed by atoms with Gasteiger partial charge in [-0.2, -0.15) is 0 Å². The van der Waals surface area contributed by atoms with Crippen LogP contribution in [0.4, 0.5) is 0 Å². The van der Waals surface area contributed by atoms with Crippen molar-refractivity contribution in [3.8, 4) is 0 Å². The van der Waals surface area contributed by atoms with Crippen molar-refractivity contribution in [3.05, 3.63) is 47.8 Å². The maximum Gasteiger partial charge on any atom is 0.0640 e. The summed E-state index contributed by atoms with van der Waals surface area (Å²) in [6.07, 6.45) is 5.49. The highest BCUT2D eigenvalue weighted by molar-refractivity contribution is 6.32. The number of allylic oxidation sites excluding steroid dienone is 4. The Morgan fingerprint density at radius 1 is 1.55 bits per heavy atom. The van der Waals surface area contributed by atoms with E-state index in [9.17, 15) is 0 Å². The van der Waals surface area contributed by atoms with Crippen LogP contribution in [0, 0.1) is 0 Å². The molecule has 1 aliphatic rings. The fourth-order valence-electron chi connectivity index (χ4n) is 0.905. The summed E-state index contributed by atoms with van der Waals surface area (Å²) in [4.78, 5) is 1.88. The zero-order chi connectivity index (χ0) is 8.43. The molecule has 0 aromatic heterocycles. The predicted octanol–water partition coefficient (Wildman–Crippen LogP) is 2.64. The topological polar surface area (TPSA) is 3.24 Å². The Bertz CT molecular complexity index is 261. The number of hydrogen-bond acceptors (Lipinski definition) is 1. The van der Waals surface area contributed by atoms with E-state index in [1.807, 2.05) is 24.3 Å². The highest BCUT2D eigenvalue weighted by Gasteiger charge is 2.09. The van der Waals surface area contributed by atoms with Gasteiger partial charge in [-0.1, -0.05) is 30.8 Å². The number of rotatable bonds is 1. The zero-order valence-corrected chi connectivity index (χ0v) is 7.23. The maximum atomic E-state index is 5.87. The van der Waals surface area contributed by atoms with Gasteiger partial charge in [0.15, 0.2) is 0 Å². The van der Waals surface area contributed by atoms with Gasteiger partial charge >= 0.3 is 0 Å². The maximum absolute atomic E-state index is 5.87. The third-order valence-corrected chi connectivity index (χ3v) is 1.84. The standard InChI is InChI=1S/C9H10ClN/c1-4-8-5-11(3)6-9(10)7(8)2/h4-6H,1-2H2,3H3. The molecule has 0 atom stereocenters. The largest absolute Gasteiger partial charge is 0.355 e. The monoisotopic (exact) mass is 167 g/mol. The molecule has 0 spiro atoms. The minimum Gasteiger partial charge on any atom is -0.355 e. The second-order valence-corrected chi connectivity index (χ2v) is 2.82. The van der Waals surface area contributed by atoms with E-state index in [2.05, 4.69) is 13.2 Å². The van der Waals surface area contributed by atoms with Gasteiger partial charge in [0.05, 0.1) is 5.03 Å². The van der Waals surface area contributed by atoms with E-state index < -0.39 is 0 Å². The summed E-state index contributed by atoms with van der Waals surface area (Å²) in [6, 6.07) is 0. The van der Waals surface area contributed by atoms with Crippen molar-refractivity contribution in [2.75, 3.05) is 7.05 Å². The minimum absolute atomic E-state index is 0.671. The highest BCUT2D eigenvalue weighted by atomic mass is 35.5. The molecule has 1 rings (SSSR count). The average Bonchev–Trinajstić information content (AvgIpc) is 1.96. The molecule has 0 aromatic rings. The summed E-state index contributed by atoms with van der Waals surface area (Å²) in [5, 5.41) is 0.671. The molecule has 1 nitrogen and oxygen atoms in total. The van der Waals surface area contributed by atoms with Gasteiger partial charge in [0.2, 0.25) is 0 Å². The molecular formula is C9H10ClN. The van der Waals surface area contributed by atoms with Crippen molar-refractivity contribution in [3.63, 3.8) is 0 Å². The zero-order valence-electron chi connectivity index (χ0n) is 6.47. The summed E-state index contributed by atoms with van der Waals surface area (Å²) in [5.41, 5.74) is 1.81. The predicted molar refractivity (Wildman–Crippen MR) is 49.1 cm³/mol. The fourth-order valence-corrected chi connectivity index (χ4v) is 1.17. The lowest BCUT2D eigenvalue weighted by molar-refractivity contribution is 0.614. The van der Waals surface area contributed by atoms with Gasteiger partial charge in [-0.05, 0) is 11.1 Å². The smallest absolute Gasteiger partial charge is 0.0640 e. The van der Waals surface area contributed by atoms with Crippen LogP contribution < -0.4 is 0 Å². The van der Waals surface area contributed by atoms with Crippen LogP contribution in [-0.2, 0) is 0 Å². The Kier molecular flexibility index (Phi) is 2.20. The second-order valence-electron chi connectivity index (χ2n) is 2.41. The van der Waals surface area contributed by atoms with Crippen molar-refractivity contribution < 1.29 is 0 Å². The van der Waals surface area contributed by atoms with E-state index in [1.54, 1.807) is 6.08 Å². The Labute approximate surface area is 72.0 Å². The fraction of sp³-hybridized carbons (Fsp3) is 0.111. The van der Waals surface area contributed by atoms with Crippen LogP contribution in [0.15, 0.2) is 47.8 Å². The van der Waals surface area contributed by atoms with E-state index in [4.69, 9.17) is 11.6 Å². The van der Waals surface area contributed by atoms with E-state index in [-0.39, 0.29) is 0 Å². The summed E-state index contributed by atoms with van der Waals surface area (Å²) in [7, 11) is 1.92. The Hall–Kier alpha value is -0.950. The number of nitrogens with zero attached hydrogens (tertiary/aromatic N) is 1. The van der Waals surface area contributed by atoms with Gasteiger partial charge in [0, 0.05) is 19.4 Å². The second kappa shape index (κ2) is 2.97. The molecule has 0 bridgehead atoms. The van der Waals surface area contributed by atoms with Crippen LogP contribution in [-0.4, -0.2) is 11.9 Å². The molecule has 1 heterocycles. The normalized spacial score (nSPS) is 17.6. The van der Waals surface area contributed by atoms with E-state index in [1.165, 1.54) is 0 Å². The summed E-state index contributed by atoms with van der Waals surface area (Å²) < 4.78 is 0. The highest BCUT2D eigenvalue weighted by Crippen LogP contribution is 2.26. The van der Waals surface area contributed by atoms with E-state index in [0.29, 0.717) is 5.03 Å². The van der Waals surface area contributed by atoms with Crippen LogP contribution in [0.25, 0.3) is 0 Å². The molecule has 2 heteroatoms. The summed E-state index contributed by atoms with van der Waals surface area (Å²) >= 11 is 5.87. The average molecular weight is 168 g/mol. The quantitative estimate of drug-likeness (QED) is 0.581. The molecular weight excluding hydrogens is 158 g/mol. The van der Waals surface area contributed by atoms with Gasteiger partial charge in [0.25, 0.3) is 0 Å². The molecule has 1 aliphatic heterocycles. The molecule has 0 fully saturated rings. The SMILES string of the molecule is C=CC1=CN(C)C=C(Cl)C1=C. The first-order valence-corrected chi connectivity index (χ1v) is 3.66. The van der Waals surface area contributed by atoms with Gasteiger partial charge in [-0.15, -0.1) is 0 Å². The van der Waals surface area contributed by atoms with Crippen LogP contribution >= 0.6 is 11.6 Å². The molecule has 0 saturated heterocycles. The van der Waals surface area contributed by atoms with Crippen molar-refractivity contribution in [2.24, 2.45) is 0 Å². The van der Waals surface area contributed by atoms with Gasteiger partial charge < -0.3 is 4.90 Å². The summed E-state index contributed by atoms with van der Waals surface area (Å²) in [6.45, 7) is 7.48. The lowest BCUT2D eigenvalue weighted by atomic mass is 10.1. The molecule has 0 amide bonds. The van der Waals surface area contributed by atoms with E-state index in [0.717, 1.165) is 11.1 Å². The minimum atomic E-state index is 0.671. The van der Waals surface area contributed by atoms with E-state index >= 15 is 0 Å². The molecule has 58 valence electrons. The van der Waals surface area contributed by atoms with Crippen molar-refractivity contribution in [1.82, 2.24) is 4.90 Å². The molecule has 0 saturated carbocycles. The first-order chi connectivity index (χ1) is 5.15. The van der Waals surface area contributed by atoms with Gasteiger partial charge in [-0.3, -0.25) is 0 Å². The number of hydrogen-bond donors (Lipinski definition) is 0. The molecule has 0 unspecified atom stereocenters. The third kappa shape index (κ3) is 1.55. The van der Waals surface area contributed by atoms with Crippen LogP contribution in [0.5, 0.6) is 0 Å². The van der Waals surface area contributed by atoms with Crippen LogP contribution in [0.2, 0.25) is 0 Å². The molecule has 0 N–H and O–H groups in total. The Balaban J connectivity index is 2.99. The Morgan fingerprint density at radius 3 is 2.73 bits per heavy atom. The molecule has 0 aliphatic carbocycles. The third-order valence-electron chi connectivity index (χ3n) is 1.52. The van der Waals surface area contributed by atoms with Crippen LogP contribution in [0.1, 0.15) is 0 Å². The lowest BCUT2D eigenvalue weighted by Gasteiger charge is -2.18. The number of halogens is 1. The Morgan fingerprint density at radius 2 is 2.18 bits per heavy atom. The van der Waals surface area contributed by atoms with Gasteiger partial charge in [-0.25, -0.2) is 0 Å². The van der Waals surface area contributed by atoms with Crippen molar-refractivity contribution in [2.45, 2.75) is 0 Å². The molecule has 0 radical (unpaired) electrons. The van der Waals surface area contributed by atoms with Gasteiger partial charge in [0.1, 0.15) is 0 Å². The van der Waals surface area contributed by atoms with Crippen molar-refractivity contribution >= 4 is 11.6 Å².